The number of carbonyl (C=O) groups is 1. The zero-order valence-electron chi connectivity index (χ0n) is 18.7. The van der Waals surface area contributed by atoms with Crippen LogP contribution in [0.5, 0.6) is 11.5 Å². The Balaban J connectivity index is 2.05. The second-order valence-corrected chi connectivity index (χ2v) is 8.44. The number of ether oxygens (including phenoxy) is 2. The first-order valence-corrected chi connectivity index (χ1v) is 10.4. The molecule has 2 atom stereocenters. The topological polar surface area (TPSA) is 74.3 Å². The van der Waals surface area contributed by atoms with Crippen molar-refractivity contribution in [3.63, 3.8) is 0 Å². The predicted octanol–water partition coefficient (Wildman–Crippen LogP) is 2.59. The molecule has 0 aromatic heterocycles. The number of amides is 1. The summed E-state index contributed by atoms with van der Waals surface area (Å²) in [5.74, 6) is 1.22. The first-order chi connectivity index (χ1) is 13.7. The lowest BCUT2D eigenvalue weighted by molar-refractivity contribution is -0.119. The smallest absolute Gasteiger partial charge is 0.238 e. The van der Waals surface area contributed by atoms with Crippen molar-refractivity contribution in [2.75, 3.05) is 45.7 Å². The molecule has 7 heteroatoms. The largest absolute Gasteiger partial charge is 0.497 e. The summed E-state index contributed by atoms with van der Waals surface area (Å²) in [7, 11) is 3.18. The Hall–Kier alpha value is -1.83. The Morgan fingerprint density at radius 2 is 1.59 bits per heavy atom. The van der Waals surface area contributed by atoms with Crippen molar-refractivity contribution in [3.8, 4) is 11.5 Å². The van der Waals surface area contributed by atoms with E-state index in [1.165, 1.54) is 0 Å². The van der Waals surface area contributed by atoms with Crippen LogP contribution in [0.4, 0.5) is 5.69 Å². The van der Waals surface area contributed by atoms with E-state index in [4.69, 9.17) is 9.47 Å². The molecule has 1 fully saturated rings. The van der Waals surface area contributed by atoms with E-state index < -0.39 is 5.60 Å². The van der Waals surface area contributed by atoms with Gasteiger partial charge in [-0.3, -0.25) is 14.6 Å². The van der Waals surface area contributed by atoms with Crippen LogP contribution in [0.2, 0.25) is 0 Å². The summed E-state index contributed by atoms with van der Waals surface area (Å²) in [6.45, 7) is 10.7. The fourth-order valence-corrected chi connectivity index (χ4v) is 3.99. The van der Waals surface area contributed by atoms with Crippen molar-refractivity contribution in [1.82, 2.24) is 9.80 Å². The first kappa shape index (κ1) is 23.4. The van der Waals surface area contributed by atoms with Gasteiger partial charge in [0.25, 0.3) is 0 Å². The highest BCUT2D eigenvalue weighted by Crippen LogP contribution is 2.26. The minimum Gasteiger partial charge on any atom is -0.497 e. The van der Waals surface area contributed by atoms with Crippen LogP contribution >= 0.6 is 0 Å². The summed E-state index contributed by atoms with van der Waals surface area (Å²) in [5.41, 5.74) is -0.0663. The van der Waals surface area contributed by atoms with Crippen molar-refractivity contribution in [3.05, 3.63) is 18.2 Å². The molecule has 1 aromatic rings. The van der Waals surface area contributed by atoms with Crippen molar-refractivity contribution in [2.45, 2.75) is 58.2 Å². The Labute approximate surface area is 175 Å². The molecular weight excluding hydrogens is 370 g/mol. The van der Waals surface area contributed by atoms with Crippen LogP contribution in [0.25, 0.3) is 0 Å². The lowest BCUT2D eigenvalue weighted by atomic mass is 9.99. The second kappa shape index (κ2) is 10.3. The average molecular weight is 408 g/mol. The summed E-state index contributed by atoms with van der Waals surface area (Å²) in [5, 5.41) is 13.2. The number of methoxy groups -OCH3 is 2. The van der Waals surface area contributed by atoms with Crippen LogP contribution in [0, 0.1) is 0 Å². The minimum atomic E-state index is -0.726. The number of hydrogen-bond acceptors (Lipinski definition) is 6. The van der Waals surface area contributed by atoms with Crippen LogP contribution in [0.15, 0.2) is 18.2 Å². The SMILES string of the molecule is CC[C@@H]1CN(CC(=O)Nc2cc(OC)cc(OC)c2)[C@@H](CC)CN1CC(C)(C)O. The monoisotopic (exact) mass is 407 g/mol. The Kier molecular flexibility index (Phi) is 8.31. The molecule has 1 heterocycles. The zero-order valence-corrected chi connectivity index (χ0v) is 18.7. The van der Waals surface area contributed by atoms with E-state index in [-0.39, 0.29) is 11.9 Å². The third-order valence-electron chi connectivity index (χ3n) is 5.44. The minimum absolute atomic E-state index is 0.0513. The van der Waals surface area contributed by atoms with Gasteiger partial charge in [0.2, 0.25) is 5.91 Å². The van der Waals surface area contributed by atoms with Gasteiger partial charge in [0.05, 0.1) is 26.4 Å². The number of carbonyl (C=O) groups excluding carboxylic acids is 1. The molecule has 0 saturated carbocycles. The van der Waals surface area contributed by atoms with Crippen molar-refractivity contribution in [1.29, 1.82) is 0 Å². The van der Waals surface area contributed by atoms with E-state index in [0.717, 1.165) is 25.9 Å². The lowest BCUT2D eigenvalue weighted by Crippen LogP contribution is -2.61. The van der Waals surface area contributed by atoms with Gasteiger partial charge in [-0.05, 0) is 26.7 Å². The molecule has 1 aliphatic rings. The molecule has 1 aromatic carbocycles. The molecular formula is C22H37N3O4. The molecule has 0 unspecified atom stereocenters. The number of nitrogens with zero attached hydrogens (tertiary/aromatic N) is 2. The molecule has 2 rings (SSSR count). The van der Waals surface area contributed by atoms with Crippen LogP contribution in [0.1, 0.15) is 40.5 Å². The molecule has 1 aliphatic heterocycles. The summed E-state index contributed by atoms with van der Waals surface area (Å²) in [6, 6.07) is 5.96. The van der Waals surface area contributed by atoms with Gasteiger partial charge in [0.1, 0.15) is 11.5 Å². The van der Waals surface area contributed by atoms with E-state index in [0.29, 0.717) is 36.3 Å². The summed E-state index contributed by atoms with van der Waals surface area (Å²) >= 11 is 0. The van der Waals surface area contributed by atoms with E-state index in [1.54, 1.807) is 32.4 Å². The third kappa shape index (κ3) is 6.87. The molecule has 0 radical (unpaired) electrons. The number of piperazine rings is 1. The molecule has 2 N–H and O–H groups in total. The Morgan fingerprint density at radius 3 is 2.07 bits per heavy atom. The van der Waals surface area contributed by atoms with Crippen molar-refractivity contribution in [2.24, 2.45) is 0 Å². The van der Waals surface area contributed by atoms with Gasteiger partial charge in [-0.2, -0.15) is 0 Å². The normalized spacial score (nSPS) is 21.1. The fourth-order valence-electron chi connectivity index (χ4n) is 3.99. The van der Waals surface area contributed by atoms with E-state index in [1.807, 2.05) is 13.8 Å². The second-order valence-electron chi connectivity index (χ2n) is 8.44. The molecule has 164 valence electrons. The van der Waals surface area contributed by atoms with Crippen LogP contribution < -0.4 is 14.8 Å². The number of hydrogen-bond donors (Lipinski definition) is 2. The molecule has 0 bridgehead atoms. The number of anilines is 1. The van der Waals surface area contributed by atoms with Gasteiger partial charge >= 0.3 is 0 Å². The molecule has 1 saturated heterocycles. The predicted molar refractivity (Wildman–Crippen MR) is 116 cm³/mol. The highest BCUT2D eigenvalue weighted by molar-refractivity contribution is 5.92. The number of aliphatic hydroxyl groups is 1. The standard InChI is InChI=1S/C22H37N3O4/c1-7-17-13-25(15-22(3,4)27)18(8-2)12-24(17)14-21(26)23-16-9-19(28-5)11-20(10-16)29-6/h9-11,17-18,27H,7-8,12-15H2,1-6H3,(H,23,26)/t17-,18+/m0/s1. The number of nitrogens with one attached hydrogen (secondary N) is 1. The summed E-state index contributed by atoms with van der Waals surface area (Å²) in [4.78, 5) is 17.4. The number of rotatable bonds is 9. The fraction of sp³-hybridized carbons (Fsp3) is 0.682. The average Bonchev–Trinajstić information content (AvgIpc) is 2.67. The van der Waals surface area contributed by atoms with E-state index in [2.05, 4.69) is 29.0 Å². The zero-order chi connectivity index (χ0) is 21.6. The van der Waals surface area contributed by atoms with Crippen molar-refractivity contribution >= 4 is 11.6 Å². The van der Waals surface area contributed by atoms with E-state index >= 15 is 0 Å². The third-order valence-corrected chi connectivity index (χ3v) is 5.44. The van der Waals surface area contributed by atoms with Crippen LogP contribution in [-0.4, -0.2) is 78.9 Å². The summed E-state index contributed by atoms with van der Waals surface area (Å²) < 4.78 is 10.6. The maximum Gasteiger partial charge on any atom is 0.238 e. The van der Waals surface area contributed by atoms with Gasteiger partial charge in [0, 0.05) is 55.6 Å². The van der Waals surface area contributed by atoms with Gasteiger partial charge in [-0.1, -0.05) is 13.8 Å². The van der Waals surface area contributed by atoms with Crippen molar-refractivity contribution < 1.29 is 19.4 Å². The molecule has 7 nitrogen and oxygen atoms in total. The Bertz CT molecular complexity index is 652. The lowest BCUT2D eigenvalue weighted by Gasteiger charge is -2.47. The Morgan fingerprint density at radius 1 is 1.07 bits per heavy atom. The van der Waals surface area contributed by atoms with Crippen LogP contribution in [-0.2, 0) is 4.79 Å². The van der Waals surface area contributed by atoms with Crippen LogP contribution in [0.3, 0.4) is 0 Å². The number of β-amino-alcohol motifs (C(OH)–C–C–N with tert-alkyl or cyclic N) is 1. The summed E-state index contributed by atoms with van der Waals surface area (Å²) in [6.07, 6.45) is 1.94. The molecule has 0 spiro atoms. The quantitative estimate of drug-likeness (QED) is 0.655. The highest BCUT2D eigenvalue weighted by atomic mass is 16.5. The maximum absolute atomic E-state index is 12.8. The first-order valence-electron chi connectivity index (χ1n) is 10.4. The molecule has 29 heavy (non-hydrogen) atoms. The van der Waals surface area contributed by atoms with Gasteiger partial charge in [-0.15, -0.1) is 0 Å². The molecule has 1 amide bonds. The maximum atomic E-state index is 12.8. The molecule has 0 aliphatic carbocycles. The number of benzene rings is 1. The van der Waals surface area contributed by atoms with E-state index in [9.17, 15) is 9.90 Å². The van der Waals surface area contributed by atoms with Gasteiger partial charge in [0.15, 0.2) is 0 Å². The van der Waals surface area contributed by atoms with Gasteiger partial charge < -0.3 is 19.9 Å². The van der Waals surface area contributed by atoms with Gasteiger partial charge in [-0.25, -0.2) is 0 Å². The highest BCUT2D eigenvalue weighted by Gasteiger charge is 2.35.